The molecule has 186 valence electrons. The number of aryl methyl sites for hydroxylation is 1. The van der Waals surface area contributed by atoms with E-state index in [1.165, 1.54) is 10.4 Å². The Morgan fingerprint density at radius 3 is 2.56 bits per heavy atom. The molecule has 2 aromatic heterocycles. The number of carbonyl (C=O) groups excluding carboxylic acids is 2. The Hall–Kier alpha value is -2.42. The molecule has 0 spiro atoms. The SMILES string of the molecule is C[C@H](C[C@H]1CCc2sc3ncnc(OC4CCC(N(C)C(=O)OC(C)(C)C)CC4)c3c21)C(N)=O. The van der Waals surface area contributed by atoms with Crippen molar-refractivity contribution in [2.24, 2.45) is 11.7 Å². The first-order valence-corrected chi connectivity index (χ1v) is 13.0. The van der Waals surface area contributed by atoms with Crippen molar-refractivity contribution in [3.05, 3.63) is 16.8 Å². The third-order valence-electron chi connectivity index (χ3n) is 6.97. The minimum atomic E-state index is -0.502. The van der Waals surface area contributed by atoms with Gasteiger partial charge in [0, 0.05) is 23.9 Å². The van der Waals surface area contributed by atoms with E-state index < -0.39 is 5.60 Å². The fourth-order valence-corrected chi connectivity index (χ4v) is 6.33. The molecular formula is C25H36N4O4S. The predicted octanol–water partition coefficient (Wildman–Crippen LogP) is 4.79. The third-order valence-corrected chi connectivity index (χ3v) is 8.14. The van der Waals surface area contributed by atoms with E-state index in [1.54, 1.807) is 22.6 Å². The van der Waals surface area contributed by atoms with Crippen LogP contribution in [0.15, 0.2) is 6.33 Å². The molecular weight excluding hydrogens is 452 g/mol. The van der Waals surface area contributed by atoms with Crippen LogP contribution in [0.1, 0.15) is 82.6 Å². The quantitative estimate of drug-likeness (QED) is 0.626. The van der Waals surface area contributed by atoms with E-state index in [4.69, 9.17) is 15.2 Å². The van der Waals surface area contributed by atoms with Gasteiger partial charge in [-0.15, -0.1) is 11.3 Å². The summed E-state index contributed by atoms with van der Waals surface area (Å²) in [5.41, 5.74) is 6.29. The first-order valence-electron chi connectivity index (χ1n) is 12.2. The Kier molecular flexibility index (Phi) is 7.03. The molecule has 2 amide bonds. The summed E-state index contributed by atoms with van der Waals surface area (Å²) in [6.07, 6.45) is 7.50. The zero-order valence-electron chi connectivity index (χ0n) is 20.8. The van der Waals surface area contributed by atoms with E-state index >= 15 is 0 Å². The summed E-state index contributed by atoms with van der Waals surface area (Å²) in [7, 11) is 1.82. The van der Waals surface area contributed by atoms with Crippen LogP contribution in [0.4, 0.5) is 4.79 Å². The second kappa shape index (κ2) is 9.68. The highest BCUT2D eigenvalue weighted by Crippen LogP contribution is 2.48. The minimum absolute atomic E-state index is 0.0429. The van der Waals surface area contributed by atoms with Gasteiger partial charge in [-0.3, -0.25) is 4.79 Å². The number of aromatic nitrogens is 2. The number of nitrogens with zero attached hydrogens (tertiary/aromatic N) is 3. The first kappa shape index (κ1) is 24.7. The van der Waals surface area contributed by atoms with Gasteiger partial charge < -0.3 is 20.1 Å². The fraction of sp³-hybridized carbons (Fsp3) is 0.680. The maximum atomic E-state index is 12.4. The van der Waals surface area contributed by atoms with E-state index in [-0.39, 0.29) is 36.0 Å². The third kappa shape index (κ3) is 5.29. The number of carbonyl (C=O) groups is 2. The molecule has 2 N–H and O–H groups in total. The molecule has 8 nitrogen and oxygen atoms in total. The molecule has 9 heteroatoms. The second-order valence-corrected chi connectivity index (χ2v) is 11.8. The number of amides is 2. The Morgan fingerprint density at radius 1 is 1.21 bits per heavy atom. The highest BCUT2D eigenvalue weighted by Gasteiger charge is 2.34. The van der Waals surface area contributed by atoms with Gasteiger partial charge in [0.2, 0.25) is 11.8 Å². The molecule has 2 atom stereocenters. The van der Waals surface area contributed by atoms with Crippen LogP contribution in [0.25, 0.3) is 10.2 Å². The van der Waals surface area contributed by atoms with Gasteiger partial charge in [-0.2, -0.15) is 0 Å². The molecule has 0 aliphatic heterocycles. The molecule has 2 aliphatic rings. The van der Waals surface area contributed by atoms with Crippen LogP contribution >= 0.6 is 11.3 Å². The zero-order chi connectivity index (χ0) is 24.6. The van der Waals surface area contributed by atoms with Crippen LogP contribution in [0.5, 0.6) is 5.88 Å². The van der Waals surface area contributed by atoms with E-state index in [9.17, 15) is 9.59 Å². The molecule has 34 heavy (non-hydrogen) atoms. The van der Waals surface area contributed by atoms with Gasteiger partial charge in [0.1, 0.15) is 22.9 Å². The van der Waals surface area contributed by atoms with Crippen LogP contribution in [0.3, 0.4) is 0 Å². The summed E-state index contributed by atoms with van der Waals surface area (Å²) >= 11 is 1.71. The lowest BCUT2D eigenvalue weighted by molar-refractivity contribution is -0.121. The Balaban J connectivity index is 1.45. The van der Waals surface area contributed by atoms with Gasteiger partial charge in [0.15, 0.2) is 0 Å². The van der Waals surface area contributed by atoms with Crippen LogP contribution in [-0.4, -0.2) is 51.7 Å². The van der Waals surface area contributed by atoms with E-state index in [1.807, 2.05) is 34.7 Å². The van der Waals surface area contributed by atoms with Crippen molar-refractivity contribution < 1.29 is 19.1 Å². The molecule has 0 saturated heterocycles. The van der Waals surface area contributed by atoms with Crippen LogP contribution in [0.2, 0.25) is 0 Å². The second-order valence-electron chi connectivity index (χ2n) is 10.7. The van der Waals surface area contributed by atoms with E-state index in [2.05, 4.69) is 9.97 Å². The number of ether oxygens (including phenoxy) is 2. The first-order chi connectivity index (χ1) is 16.0. The number of rotatable bonds is 6. The number of nitrogens with two attached hydrogens (primary N) is 1. The van der Waals surface area contributed by atoms with Crippen LogP contribution in [-0.2, 0) is 16.0 Å². The maximum Gasteiger partial charge on any atom is 0.410 e. The number of thiophene rings is 1. The summed E-state index contributed by atoms with van der Waals surface area (Å²) in [4.78, 5) is 37.1. The molecule has 1 fully saturated rings. The average Bonchev–Trinajstić information content (AvgIpc) is 3.32. The topological polar surface area (TPSA) is 108 Å². The number of hydrogen-bond donors (Lipinski definition) is 1. The van der Waals surface area contributed by atoms with Crippen LogP contribution < -0.4 is 10.5 Å². The summed E-state index contributed by atoms with van der Waals surface area (Å²) in [5, 5.41) is 1.01. The molecule has 0 bridgehead atoms. The lowest BCUT2D eigenvalue weighted by Crippen LogP contribution is -2.43. The highest BCUT2D eigenvalue weighted by atomic mass is 32.1. The lowest BCUT2D eigenvalue weighted by Gasteiger charge is -2.35. The molecule has 4 rings (SSSR count). The normalized spacial score (nSPS) is 23.4. The molecule has 2 aliphatic carbocycles. The predicted molar refractivity (Wildman–Crippen MR) is 132 cm³/mol. The minimum Gasteiger partial charge on any atom is -0.474 e. The van der Waals surface area contributed by atoms with Crippen LogP contribution in [0, 0.1) is 5.92 Å². The summed E-state index contributed by atoms with van der Waals surface area (Å²) in [6, 6.07) is 0.144. The average molecular weight is 489 g/mol. The number of hydrogen-bond acceptors (Lipinski definition) is 7. The standard InChI is InChI=1S/C25H36N4O4S/c1-14(21(26)30)12-15-6-11-18-19(15)20-22(27-13-28-23(20)34-18)32-17-9-7-16(8-10-17)29(5)24(31)33-25(2,3)4/h13-17H,6-12H2,1-5H3,(H2,26,30)/t14-,15-,16?,17?/m1/s1. The molecule has 2 aromatic rings. The van der Waals surface area contributed by atoms with Gasteiger partial charge >= 0.3 is 6.09 Å². The Labute approximate surface area is 205 Å². The van der Waals surface area contributed by atoms with Gasteiger partial charge in [0.25, 0.3) is 0 Å². The molecule has 0 unspecified atom stereocenters. The van der Waals surface area contributed by atoms with Crippen molar-refractivity contribution in [3.8, 4) is 5.88 Å². The monoisotopic (exact) mass is 488 g/mol. The van der Waals surface area contributed by atoms with Crippen molar-refractivity contribution in [1.29, 1.82) is 0 Å². The smallest absolute Gasteiger partial charge is 0.410 e. The van der Waals surface area contributed by atoms with Gasteiger partial charge in [-0.05, 0) is 77.2 Å². The Bertz CT molecular complexity index is 1060. The summed E-state index contributed by atoms with van der Waals surface area (Å²) < 4.78 is 12.0. The van der Waals surface area contributed by atoms with Gasteiger partial charge in [-0.25, -0.2) is 14.8 Å². The van der Waals surface area contributed by atoms with Crippen molar-refractivity contribution in [2.75, 3.05) is 7.05 Å². The van der Waals surface area contributed by atoms with E-state index in [0.717, 1.165) is 55.2 Å². The molecule has 0 aromatic carbocycles. The van der Waals surface area contributed by atoms with Crippen molar-refractivity contribution in [2.45, 2.75) is 96.3 Å². The number of primary amides is 1. The summed E-state index contributed by atoms with van der Waals surface area (Å²) in [5.74, 6) is 0.494. The highest BCUT2D eigenvalue weighted by molar-refractivity contribution is 7.19. The fourth-order valence-electron chi connectivity index (χ4n) is 5.10. The maximum absolute atomic E-state index is 12.4. The lowest BCUT2D eigenvalue weighted by atomic mass is 9.90. The molecule has 2 heterocycles. The summed E-state index contributed by atoms with van der Waals surface area (Å²) in [6.45, 7) is 7.54. The molecule has 1 saturated carbocycles. The van der Waals surface area contributed by atoms with Crippen molar-refractivity contribution in [1.82, 2.24) is 14.9 Å². The molecule has 0 radical (unpaired) electrons. The largest absolute Gasteiger partial charge is 0.474 e. The van der Waals surface area contributed by atoms with Gasteiger partial charge in [0.05, 0.1) is 5.39 Å². The van der Waals surface area contributed by atoms with Crippen molar-refractivity contribution >= 4 is 33.6 Å². The van der Waals surface area contributed by atoms with E-state index in [0.29, 0.717) is 5.88 Å². The zero-order valence-corrected chi connectivity index (χ0v) is 21.6. The van der Waals surface area contributed by atoms with Crippen molar-refractivity contribution in [3.63, 3.8) is 0 Å². The Morgan fingerprint density at radius 2 is 1.91 bits per heavy atom. The number of fused-ring (bicyclic) bond motifs is 3. The van der Waals surface area contributed by atoms with Gasteiger partial charge in [-0.1, -0.05) is 6.92 Å².